The summed E-state index contributed by atoms with van der Waals surface area (Å²) in [5.74, 6) is -0.813. The molecule has 9 heteroatoms. The molecular weight excluding hydrogens is 256 g/mol. The number of hydrogen-bond donors (Lipinski definition) is 1. The van der Waals surface area contributed by atoms with Crippen molar-refractivity contribution < 1.29 is 39.7 Å². The monoisotopic (exact) mass is 270 g/mol. The molecule has 94 valence electrons. The van der Waals surface area contributed by atoms with Gasteiger partial charge in [0, 0.05) is 5.02 Å². The van der Waals surface area contributed by atoms with Crippen LogP contribution in [0.4, 0.5) is 0 Å². The van der Waals surface area contributed by atoms with Crippen LogP contribution in [0.3, 0.4) is 0 Å². The molecule has 0 fully saturated rings. The Kier molecular flexibility index (Phi) is 26.9. The second-order valence-corrected chi connectivity index (χ2v) is 2.33. The summed E-state index contributed by atoms with van der Waals surface area (Å²) in [6, 6.07) is 6.11. The van der Waals surface area contributed by atoms with E-state index in [1.54, 1.807) is 12.1 Å². The molecule has 0 atom stereocenters. The van der Waals surface area contributed by atoms with Crippen LogP contribution in [-0.2, 0) is 4.89 Å². The summed E-state index contributed by atoms with van der Waals surface area (Å²) in [6.07, 6.45) is 0. The first-order chi connectivity index (χ1) is 5.24. The summed E-state index contributed by atoms with van der Waals surface area (Å²) in [6.45, 7) is 0. The van der Waals surface area contributed by atoms with Crippen molar-refractivity contribution in [2.24, 2.45) is 0 Å². The Morgan fingerprint density at radius 3 is 2.12 bits per heavy atom. The fourth-order valence-electron chi connectivity index (χ4n) is 0.668. The van der Waals surface area contributed by atoms with Gasteiger partial charge in [-0.3, -0.25) is 4.89 Å². The Morgan fingerprint density at radius 1 is 1.25 bits per heavy atom. The summed E-state index contributed by atoms with van der Waals surface area (Å²) in [5, 5.41) is 8.41. The maximum atomic E-state index is 10.6. The predicted octanol–water partition coefficient (Wildman–Crippen LogP) is -1.48. The van der Waals surface area contributed by atoms with Crippen LogP contribution in [0.25, 0.3) is 0 Å². The van der Waals surface area contributed by atoms with Crippen molar-refractivity contribution in [2.75, 3.05) is 0 Å². The summed E-state index contributed by atoms with van der Waals surface area (Å²) < 4.78 is 0. The number of rotatable bonds is 1. The topological polar surface area (TPSA) is 173 Å². The van der Waals surface area contributed by atoms with Gasteiger partial charge >= 0.3 is 29.0 Å². The van der Waals surface area contributed by atoms with E-state index in [1.807, 2.05) is 0 Å². The third kappa shape index (κ3) is 8.82. The Bertz CT molecular complexity index is 292. The maximum absolute atomic E-state index is 10.6. The largest absolute Gasteiger partial charge is 2.00 e. The molecule has 0 saturated heterocycles. The molecule has 1 aromatic rings. The van der Waals surface area contributed by atoms with Gasteiger partial charge in [0.1, 0.15) is 0 Å². The van der Waals surface area contributed by atoms with Crippen LogP contribution >= 0.6 is 11.6 Å². The van der Waals surface area contributed by atoms with E-state index in [2.05, 4.69) is 4.89 Å². The van der Waals surface area contributed by atoms with Crippen LogP contribution in [0.1, 0.15) is 13.2 Å². The molecule has 0 bridgehead atoms. The molecule has 0 radical (unpaired) electrons. The fourth-order valence-corrected chi connectivity index (χ4v) is 0.858. The number of carbonyl (C=O) groups is 1. The van der Waals surface area contributed by atoms with Crippen molar-refractivity contribution in [3.8, 4) is 0 Å². The third-order valence-corrected chi connectivity index (χ3v) is 1.38. The van der Waals surface area contributed by atoms with Crippen LogP contribution in [0.15, 0.2) is 24.3 Å². The molecule has 0 saturated carbocycles. The van der Waals surface area contributed by atoms with Gasteiger partial charge in [-0.1, -0.05) is 17.7 Å². The predicted molar refractivity (Wildman–Crippen MR) is 61.9 cm³/mol. The third-order valence-electron chi connectivity index (χ3n) is 1.14. The zero-order valence-electron chi connectivity index (χ0n) is 10.2. The zero-order valence-corrected chi connectivity index (χ0v) is 10.3. The standard InChI is InChI=1S/C7H5ClO3.Mg.4H2O.2H/c8-6-3-1-2-5(4-6)7(9)11-10;;;;;;;/h1-4,10H;;4*1H2;;/q;+2;;;;;2*-1. The van der Waals surface area contributed by atoms with Crippen LogP contribution in [0.2, 0.25) is 5.02 Å². The van der Waals surface area contributed by atoms with E-state index in [1.165, 1.54) is 12.1 Å². The van der Waals surface area contributed by atoms with Crippen molar-refractivity contribution in [1.29, 1.82) is 0 Å². The molecular formula is C7H15ClMgO7. The van der Waals surface area contributed by atoms with Crippen molar-refractivity contribution >= 4 is 40.6 Å². The average Bonchev–Trinajstić information content (AvgIpc) is 2.03. The summed E-state index contributed by atoms with van der Waals surface area (Å²) in [7, 11) is 0. The molecule has 16 heavy (non-hydrogen) atoms. The van der Waals surface area contributed by atoms with Gasteiger partial charge in [-0.2, -0.15) is 5.26 Å². The minimum absolute atomic E-state index is 0. The van der Waals surface area contributed by atoms with Gasteiger partial charge in [0.05, 0.1) is 5.56 Å². The molecule has 1 rings (SSSR count). The number of halogens is 1. The maximum Gasteiger partial charge on any atom is 2.00 e. The van der Waals surface area contributed by atoms with E-state index in [-0.39, 0.29) is 53.4 Å². The quantitative estimate of drug-likeness (QED) is 0.373. The first-order valence-electron chi connectivity index (χ1n) is 2.85. The van der Waals surface area contributed by atoms with Gasteiger partial charge in [0.15, 0.2) is 0 Å². The summed E-state index contributed by atoms with van der Waals surface area (Å²) >= 11 is 5.56. The second-order valence-electron chi connectivity index (χ2n) is 1.89. The molecule has 0 aliphatic rings. The SMILES string of the molecule is O.O.O.O.O=C(OO)c1cccc(Cl)c1.[H-].[H-].[Mg+2]. The van der Waals surface area contributed by atoms with E-state index < -0.39 is 5.97 Å². The van der Waals surface area contributed by atoms with Gasteiger partial charge in [-0.05, 0) is 18.2 Å². The summed E-state index contributed by atoms with van der Waals surface area (Å²) in [5.41, 5.74) is 0.222. The van der Waals surface area contributed by atoms with Crippen LogP contribution in [0.5, 0.6) is 0 Å². The van der Waals surface area contributed by atoms with Crippen LogP contribution in [-0.4, -0.2) is 56.2 Å². The zero-order chi connectivity index (χ0) is 8.27. The Morgan fingerprint density at radius 2 is 1.75 bits per heavy atom. The molecule has 0 aliphatic carbocycles. The van der Waals surface area contributed by atoms with Crippen molar-refractivity contribution in [3.63, 3.8) is 0 Å². The number of hydrogen-bond acceptors (Lipinski definition) is 3. The molecule has 9 N–H and O–H groups in total. The molecule has 0 aliphatic heterocycles. The molecule has 0 heterocycles. The van der Waals surface area contributed by atoms with Crippen molar-refractivity contribution in [1.82, 2.24) is 0 Å². The van der Waals surface area contributed by atoms with Crippen LogP contribution in [0, 0.1) is 0 Å². The molecule has 0 aromatic heterocycles. The number of carbonyl (C=O) groups excluding carboxylic acids is 1. The van der Waals surface area contributed by atoms with E-state index in [0.717, 1.165) is 0 Å². The molecule has 1 aromatic carbocycles. The molecule has 0 unspecified atom stereocenters. The number of benzene rings is 1. The molecule has 0 spiro atoms. The normalized spacial score (nSPS) is 6.38. The average molecular weight is 271 g/mol. The van der Waals surface area contributed by atoms with Crippen molar-refractivity contribution in [3.05, 3.63) is 34.9 Å². The molecule has 0 amide bonds. The molecule has 7 nitrogen and oxygen atoms in total. The minimum atomic E-state index is -0.813. The minimum Gasteiger partial charge on any atom is -1.00 e. The first kappa shape index (κ1) is 29.6. The van der Waals surface area contributed by atoms with Gasteiger partial charge in [0.2, 0.25) is 0 Å². The van der Waals surface area contributed by atoms with Gasteiger partial charge in [-0.15, -0.1) is 0 Å². The van der Waals surface area contributed by atoms with E-state index >= 15 is 0 Å². The Balaban J connectivity index is -0.0000000346. The van der Waals surface area contributed by atoms with E-state index in [9.17, 15) is 4.79 Å². The van der Waals surface area contributed by atoms with Gasteiger partial charge in [0.25, 0.3) is 0 Å². The van der Waals surface area contributed by atoms with E-state index in [0.29, 0.717) is 5.02 Å². The first-order valence-corrected chi connectivity index (χ1v) is 3.23. The Labute approximate surface area is 115 Å². The van der Waals surface area contributed by atoms with Crippen LogP contribution < -0.4 is 0 Å². The van der Waals surface area contributed by atoms with E-state index in [4.69, 9.17) is 16.9 Å². The van der Waals surface area contributed by atoms with Gasteiger partial charge < -0.3 is 24.8 Å². The Hall–Kier alpha value is -0.454. The summed E-state index contributed by atoms with van der Waals surface area (Å²) in [4.78, 5) is 14.1. The van der Waals surface area contributed by atoms with Gasteiger partial charge in [-0.25, -0.2) is 4.79 Å². The van der Waals surface area contributed by atoms with Crippen molar-refractivity contribution in [2.45, 2.75) is 0 Å². The smallest absolute Gasteiger partial charge is 1.00 e. The second kappa shape index (κ2) is 14.5. The fraction of sp³-hybridized carbons (Fsp3) is 0.